The van der Waals surface area contributed by atoms with Gasteiger partial charge in [0.25, 0.3) is 0 Å². The first-order valence-electron chi connectivity index (χ1n) is 17.3. The van der Waals surface area contributed by atoms with Crippen LogP contribution in [0.2, 0.25) is 0 Å². The topological polar surface area (TPSA) is 108 Å². The van der Waals surface area contributed by atoms with Crippen molar-refractivity contribution in [2.24, 2.45) is 0 Å². The molecule has 290 valence electrons. The minimum Gasteiger partial charge on any atom is -0.496 e. The Morgan fingerprint density at radius 2 is 0.889 bits per heavy atom. The first-order chi connectivity index (χ1) is 26.1. The van der Waals surface area contributed by atoms with E-state index in [1.807, 2.05) is 13.8 Å². The molecule has 0 aliphatic heterocycles. The van der Waals surface area contributed by atoms with E-state index in [2.05, 4.69) is 32.9 Å². The molecule has 10 nitrogen and oxygen atoms in total. The van der Waals surface area contributed by atoms with E-state index in [1.165, 1.54) is 28.4 Å². The van der Waals surface area contributed by atoms with Crippen LogP contribution in [-0.4, -0.2) is 60.4 Å². The van der Waals surface area contributed by atoms with Gasteiger partial charge in [0.15, 0.2) is 0 Å². The van der Waals surface area contributed by atoms with Crippen LogP contribution in [0, 0.1) is 13.8 Å². The van der Waals surface area contributed by atoms with E-state index in [0.29, 0.717) is 22.3 Å². The van der Waals surface area contributed by atoms with Gasteiger partial charge in [-0.1, -0.05) is 61.2 Å². The van der Waals surface area contributed by atoms with Gasteiger partial charge in [-0.25, -0.2) is 0 Å². The van der Waals surface area contributed by atoms with Crippen molar-refractivity contribution in [1.29, 1.82) is 0 Å². The highest BCUT2D eigenvalue weighted by molar-refractivity contribution is 7.95. The van der Waals surface area contributed by atoms with Crippen LogP contribution in [0.25, 0.3) is 5.31 Å². The van der Waals surface area contributed by atoms with Crippen molar-refractivity contribution in [3.63, 3.8) is 0 Å². The summed E-state index contributed by atoms with van der Waals surface area (Å²) >= 11 is 0. The van der Waals surface area contributed by atoms with Gasteiger partial charge in [-0.3, -0.25) is 4.79 Å². The SMILES string of the molecule is C=CCOCc1c(C)c(COCC=C)c(OC)c(C(=C)P(=O)(C(=O)c2c(OC)c(COCC=C)c(C)c(COCC=C)c2OC)c2ccccc2)c1OC. The highest BCUT2D eigenvalue weighted by atomic mass is 31.2. The van der Waals surface area contributed by atoms with E-state index < -0.39 is 12.7 Å². The van der Waals surface area contributed by atoms with Crippen molar-refractivity contribution < 1.29 is 47.3 Å². The average molecular weight is 761 g/mol. The number of ether oxygens (including phenoxy) is 8. The number of carbonyl (C=O) groups is 1. The number of rotatable bonds is 25. The van der Waals surface area contributed by atoms with Gasteiger partial charge in [0.1, 0.15) is 28.6 Å². The van der Waals surface area contributed by atoms with Crippen molar-refractivity contribution in [3.8, 4) is 23.0 Å². The van der Waals surface area contributed by atoms with Crippen LogP contribution in [0.3, 0.4) is 0 Å². The molecule has 1 unspecified atom stereocenters. The normalized spacial score (nSPS) is 12.0. The average Bonchev–Trinajstić information content (AvgIpc) is 3.19. The Balaban J connectivity index is 2.55. The van der Waals surface area contributed by atoms with Crippen molar-refractivity contribution in [3.05, 3.63) is 132 Å². The summed E-state index contributed by atoms with van der Waals surface area (Å²) in [4.78, 5) is 15.6. The van der Waals surface area contributed by atoms with E-state index >= 15 is 9.36 Å². The minimum absolute atomic E-state index is 0.0408. The molecule has 11 heteroatoms. The molecule has 0 aliphatic rings. The van der Waals surface area contributed by atoms with E-state index in [9.17, 15) is 0 Å². The highest BCUT2D eigenvalue weighted by Crippen LogP contribution is 2.64. The van der Waals surface area contributed by atoms with Crippen LogP contribution in [0.5, 0.6) is 23.0 Å². The first-order valence-corrected chi connectivity index (χ1v) is 19.0. The molecule has 0 saturated heterocycles. The van der Waals surface area contributed by atoms with Gasteiger partial charge in [0, 0.05) is 32.9 Å². The summed E-state index contributed by atoms with van der Waals surface area (Å²) in [7, 11) is 1.38. The van der Waals surface area contributed by atoms with Gasteiger partial charge < -0.3 is 42.5 Å². The molecule has 3 aromatic rings. The van der Waals surface area contributed by atoms with Crippen molar-refractivity contribution in [2.75, 3.05) is 54.9 Å². The molecule has 1 atom stereocenters. The fourth-order valence-electron chi connectivity index (χ4n) is 6.23. The predicted octanol–water partition coefficient (Wildman–Crippen LogP) is 8.65. The molecule has 0 spiro atoms. The van der Waals surface area contributed by atoms with Gasteiger partial charge >= 0.3 is 0 Å². The van der Waals surface area contributed by atoms with Crippen molar-refractivity contribution in [2.45, 2.75) is 40.3 Å². The van der Waals surface area contributed by atoms with Crippen LogP contribution >= 0.6 is 7.14 Å². The maximum absolute atomic E-state index is 16.3. The summed E-state index contributed by atoms with van der Waals surface area (Å²) in [5, 5.41) is 0.179. The van der Waals surface area contributed by atoms with Gasteiger partial charge in [-0.15, -0.1) is 26.3 Å². The standard InChI is InChI=1S/C43H53O10P/c1-12-21-50-25-33-29(5)34(26-51-22-13-2)40(47-9)37(39(33)46-8)31(7)54(45,32-19-17-16-18-20-32)43(44)38-41(48-10)35(27-52-23-14-3)30(6)36(42(38)49-11)28-53-24-15-4/h12-20H,1-4,7,21-28H2,5-6,8-11H3. The summed E-state index contributed by atoms with van der Waals surface area (Å²) in [6.45, 7) is 24.5. The van der Waals surface area contributed by atoms with Gasteiger partial charge in [-0.05, 0) is 25.0 Å². The molecular formula is C43H53O10P. The molecule has 0 heterocycles. The molecule has 0 N–H and O–H groups in total. The van der Waals surface area contributed by atoms with Crippen LogP contribution in [0.4, 0.5) is 0 Å². The summed E-state index contributed by atoms with van der Waals surface area (Å²) in [5.74, 6) is 0.869. The second-order valence-corrected chi connectivity index (χ2v) is 14.6. The molecule has 3 aromatic carbocycles. The van der Waals surface area contributed by atoms with Crippen LogP contribution < -0.4 is 24.3 Å². The zero-order valence-electron chi connectivity index (χ0n) is 32.4. The second-order valence-electron chi connectivity index (χ2n) is 12.0. The molecule has 0 bridgehead atoms. The van der Waals surface area contributed by atoms with Gasteiger partial charge in [0.05, 0.1) is 86.9 Å². The van der Waals surface area contributed by atoms with Crippen molar-refractivity contribution in [1.82, 2.24) is 0 Å². The number of hydrogen-bond acceptors (Lipinski definition) is 10. The number of benzene rings is 3. The monoisotopic (exact) mass is 760 g/mol. The molecular weight excluding hydrogens is 707 g/mol. The molecule has 0 aliphatic carbocycles. The van der Waals surface area contributed by atoms with E-state index in [-0.39, 0.29) is 97.6 Å². The molecule has 0 saturated carbocycles. The van der Waals surface area contributed by atoms with Crippen LogP contribution in [0.1, 0.15) is 49.3 Å². The third kappa shape index (κ3) is 9.14. The van der Waals surface area contributed by atoms with E-state index in [0.717, 1.165) is 11.1 Å². The Hall–Kier alpha value is -4.70. The highest BCUT2D eigenvalue weighted by Gasteiger charge is 2.45. The molecule has 0 aromatic heterocycles. The summed E-state index contributed by atoms with van der Waals surface area (Å²) in [5.41, 5.74) is 3.25. The Morgan fingerprint density at radius 1 is 0.574 bits per heavy atom. The molecule has 3 rings (SSSR count). The Labute approximate surface area is 320 Å². The maximum atomic E-state index is 16.3. The predicted molar refractivity (Wildman–Crippen MR) is 215 cm³/mol. The zero-order chi connectivity index (χ0) is 39.8. The summed E-state index contributed by atoms with van der Waals surface area (Å²) in [6.07, 6.45) is 6.51. The third-order valence-corrected chi connectivity index (χ3v) is 11.7. The molecule has 0 radical (unpaired) electrons. The number of carbonyl (C=O) groups excluding carboxylic acids is 1. The maximum Gasteiger partial charge on any atom is 0.237 e. The zero-order valence-corrected chi connectivity index (χ0v) is 33.3. The smallest absolute Gasteiger partial charge is 0.237 e. The van der Waals surface area contributed by atoms with E-state index in [4.69, 9.17) is 37.9 Å². The quantitative estimate of drug-likeness (QED) is 0.0473. The van der Waals surface area contributed by atoms with Crippen LogP contribution in [0.15, 0.2) is 87.5 Å². The largest absolute Gasteiger partial charge is 0.496 e. The number of methoxy groups -OCH3 is 4. The minimum atomic E-state index is -4.48. The third-order valence-electron chi connectivity index (χ3n) is 8.85. The fraction of sp³-hybridized carbons (Fsp3) is 0.326. The Morgan fingerprint density at radius 3 is 1.19 bits per heavy atom. The van der Waals surface area contributed by atoms with Gasteiger partial charge in [-0.2, -0.15) is 0 Å². The van der Waals surface area contributed by atoms with Crippen LogP contribution in [-0.2, 0) is 49.9 Å². The summed E-state index contributed by atoms with van der Waals surface area (Å²) in [6, 6.07) is 8.46. The Bertz CT molecular complexity index is 1680. The van der Waals surface area contributed by atoms with E-state index in [1.54, 1.807) is 54.6 Å². The molecule has 0 fully saturated rings. The molecule has 0 amide bonds. The fourth-order valence-corrected chi connectivity index (χ4v) is 8.65. The lowest BCUT2D eigenvalue weighted by Crippen LogP contribution is -2.19. The van der Waals surface area contributed by atoms with Gasteiger partial charge in [0.2, 0.25) is 12.7 Å². The first kappa shape index (κ1) is 43.7. The Kier molecular flexibility index (Phi) is 17.2. The molecule has 54 heavy (non-hydrogen) atoms. The lowest BCUT2D eigenvalue weighted by Gasteiger charge is -2.29. The lowest BCUT2D eigenvalue weighted by atomic mass is 9.95. The summed E-state index contributed by atoms with van der Waals surface area (Å²) < 4.78 is 64.0. The van der Waals surface area contributed by atoms with Crippen molar-refractivity contribution >= 4 is 23.3 Å². The lowest BCUT2D eigenvalue weighted by molar-refractivity contribution is 0.106. The number of hydrogen-bond donors (Lipinski definition) is 0. The second kappa shape index (κ2) is 21.3.